The smallest absolute Gasteiger partial charge is 0.335 e. The van der Waals surface area contributed by atoms with E-state index in [9.17, 15) is 13.2 Å². The first-order valence-electron chi connectivity index (χ1n) is 6.94. The molecule has 0 fully saturated rings. The predicted octanol–water partition coefficient (Wildman–Crippen LogP) is 1.52. The Kier molecular flexibility index (Phi) is 6.79. The van der Waals surface area contributed by atoms with Crippen LogP contribution in [0.3, 0.4) is 0 Å². The van der Waals surface area contributed by atoms with Crippen molar-refractivity contribution in [2.24, 2.45) is 0 Å². The van der Waals surface area contributed by atoms with Crippen LogP contribution in [0.1, 0.15) is 30.6 Å². The molecule has 3 N–H and O–H groups in total. The van der Waals surface area contributed by atoms with Gasteiger partial charge < -0.3 is 15.2 Å². The van der Waals surface area contributed by atoms with Crippen molar-refractivity contribution in [3.63, 3.8) is 0 Å². The van der Waals surface area contributed by atoms with Crippen molar-refractivity contribution in [3.05, 3.63) is 23.8 Å². The maximum Gasteiger partial charge on any atom is 0.335 e. The highest BCUT2D eigenvalue weighted by atomic mass is 32.2. The third-order valence-corrected chi connectivity index (χ3v) is 4.38. The van der Waals surface area contributed by atoms with Gasteiger partial charge in [0.25, 0.3) is 0 Å². The maximum absolute atomic E-state index is 12.4. The van der Waals surface area contributed by atoms with E-state index in [0.29, 0.717) is 18.7 Å². The fourth-order valence-electron chi connectivity index (χ4n) is 1.87. The molecule has 0 saturated carbocycles. The molecule has 0 amide bonds. The van der Waals surface area contributed by atoms with Crippen LogP contribution in [0.15, 0.2) is 23.1 Å². The van der Waals surface area contributed by atoms with Crippen molar-refractivity contribution in [2.75, 3.05) is 25.6 Å². The van der Waals surface area contributed by atoms with Crippen molar-refractivity contribution in [2.45, 2.75) is 31.2 Å². The Morgan fingerprint density at radius 2 is 2.09 bits per heavy atom. The van der Waals surface area contributed by atoms with Gasteiger partial charge in [-0.05, 0) is 31.5 Å². The minimum absolute atomic E-state index is 0.0798. The number of carboxylic acids is 1. The zero-order valence-electron chi connectivity index (χ0n) is 12.9. The molecular weight excluding hydrogens is 308 g/mol. The number of hydrogen-bond donors (Lipinski definition) is 3. The minimum Gasteiger partial charge on any atom is -0.478 e. The Hall–Kier alpha value is -1.64. The van der Waals surface area contributed by atoms with Gasteiger partial charge in [0.15, 0.2) is 0 Å². The second kappa shape index (κ2) is 8.11. The van der Waals surface area contributed by atoms with Gasteiger partial charge in [0.2, 0.25) is 10.0 Å². The fraction of sp³-hybridized carbons (Fsp3) is 0.500. The zero-order valence-corrected chi connectivity index (χ0v) is 13.7. The average molecular weight is 330 g/mol. The molecule has 22 heavy (non-hydrogen) atoms. The Morgan fingerprint density at radius 1 is 1.41 bits per heavy atom. The number of methoxy groups -OCH3 is 1. The van der Waals surface area contributed by atoms with Crippen molar-refractivity contribution in [3.8, 4) is 0 Å². The van der Waals surface area contributed by atoms with Crippen LogP contribution in [0.4, 0.5) is 5.69 Å². The monoisotopic (exact) mass is 330 g/mol. The van der Waals surface area contributed by atoms with E-state index in [1.165, 1.54) is 12.1 Å². The molecule has 1 rings (SSSR count). The number of carboxylic acid groups (broad SMARTS) is 1. The van der Waals surface area contributed by atoms with Crippen LogP contribution in [0.2, 0.25) is 0 Å². The van der Waals surface area contributed by atoms with Crippen LogP contribution >= 0.6 is 0 Å². The van der Waals surface area contributed by atoms with Gasteiger partial charge >= 0.3 is 5.97 Å². The molecule has 0 unspecified atom stereocenters. The quantitative estimate of drug-likeness (QED) is 0.634. The van der Waals surface area contributed by atoms with Crippen LogP contribution in [-0.4, -0.2) is 45.8 Å². The Bertz CT molecular complexity index is 616. The number of hydrogen-bond acceptors (Lipinski definition) is 5. The molecule has 0 spiro atoms. The molecule has 1 aromatic carbocycles. The maximum atomic E-state index is 12.4. The van der Waals surface area contributed by atoms with Crippen molar-refractivity contribution in [1.29, 1.82) is 0 Å². The van der Waals surface area contributed by atoms with Gasteiger partial charge in [0.05, 0.1) is 17.9 Å². The molecule has 0 aromatic heterocycles. The van der Waals surface area contributed by atoms with Crippen molar-refractivity contribution >= 4 is 21.7 Å². The lowest BCUT2D eigenvalue weighted by Crippen LogP contribution is -2.27. The van der Waals surface area contributed by atoms with Crippen LogP contribution in [0.25, 0.3) is 0 Å². The minimum atomic E-state index is -3.79. The second-order valence-electron chi connectivity index (χ2n) is 4.91. The summed E-state index contributed by atoms with van der Waals surface area (Å²) in [7, 11) is -2.24. The first-order valence-corrected chi connectivity index (χ1v) is 8.42. The van der Waals surface area contributed by atoms with Crippen LogP contribution in [-0.2, 0) is 14.8 Å². The van der Waals surface area contributed by atoms with E-state index in [0.717, 1.165) is 6.07 Å². The molecular formula is C14H22N2O5S. The zero-order chi connectivity index (χ0) is 16.8. The highest BCUT2D eigenvalue weighted by Gasteiger charge is 2.21. The number of nitrogens with one attached hydrogen (secondary N) is 2. The van der Waals surface area contributed by atoms with Gasteiger partial charge in [-0.2, -0.15) is 0 Å². The number of carbonyl (C=O) groups is 1. The SMILES string of the molecule is CCCNS(=O)(=O)c1cc(C(=O)O)ccc1N[C@@H](C)COC. The van der Waals surface area contributed by atoms with E-state index in [4.69, 9.17) is 9.84 Å². The summed E-state index contributed by atoms with van der Waals surface area (Å²) in [6, 6.07) is 3.85. The Balaban J connectivity index is 3.23. The van der Waals surface area contributed by atoms with Gasteiger partial charge in [0, 0.05) is 19.7 Å². The molecule has 1 atom stereocenters. The van der Waals surface area contributed by atoms with Gasteiger partial charge in [-0.1, -0.05) is 6.92 Å². The molecule has 124 valence electrons. The molecule has 8 heteroatoms. The van der Waals surface area contributed by atoms with Gasteiger partial charge in [0.1, 0.15) is 4.90 Å². The number of aromatic carboxylic acids is 1. The van der Waals surface area contributed by atoms with E-state index in [2.05, 4.69) is 10.0 Å². The molecule has 0 bridgehead atoms. The van der Waals surface area contributed by atoms with Gasteiger partial charge in [-0.3, -0.25) is 0 Å². The largest absolute Gasteiger partial charge is 0.478 e. The molecule has 0 aliphatic heterocycles. The van der Waals surface area contributed by atoms with E-state index in [1.807, 2.05) is 13.8 Å². The second-order valence-corrected chi connectivity index (χ2v) is 6.65. The first kappa shape index (κ1) is 18.4. The highest BCUT2D eigenvalue weighted by molar-refractivity contribution is 7.89. The topological polar surface area (TPSA) is 105 Å². The van der Waals surface area contributed by atoms with E-state index in [1.54, 1.807) is 7.11 Å². The van der Waals surface area contributed by atoms with Crippen molar-refractivity contribution < 1.29 is 23.1 Å². The summed E-state index contributed by atoms with van der Waals surface area (Å²) in [6.45, 7) is 4.36. The number of anilines is 1. The lowest BCUT2D eigenvalue weighted by Gasteiger charge is -2.18. The summed E-state index contributed by atoms with van der Waals surface area (Å²) in [6.07, 6.45) is 0.640. The molecule has 0 saturated heterocycles. The van der Waals surface area contributed by atoms with Crippen LogP contribution in [0.5, 0.6) is 0 Å². The summed E-state index contributed by atoms with van der Waals surface area (Å²) in [5.41, 5.74) is 0.264. The standard InChI is InChI=1S/C14H22N2O5S/c1-4-7-15-22(19,20)13-8-11(14(17)18)5-6-12(13)16-10(2)9-21-3/h5-6,8,10,15-16H,4,7,9H2,1-3H3,(H,17,18)/t10-/m0/s1. The molecule has 0 heterocycles. The summed E-state index contributed by atoms with van der Waals surface area (Å²) in [5.74, 6) is -1.18. The average Bonchev–Trinajstić information content (AvgIpc) is 2.45. The third-order valence-electron chi connectivity index (χ3n) is 2.88. The lowest BCUT2D eigenvalue weighted by atomic mass is 10.2. The van der Waals surface area contributed by atoms with Gasteiger partial charge in [-0.25, -0.2) is 17.9 Å². The lowest BCUT2D eigenvalue weighted by molar-refractivity contribution is 0.0696. The molecule has 1 aromatic rings. The van der Waals surface area contributed by atoms with Crippen molar-refractivity contribution in [1.82, 2.24) is 4.72 Å². The number of benzene rings is 1. The first-order chi connectivity index (χ1) is 10.3. The molecule has 7 nitrogen and oxygen atoms in total. The molecule has 0 aliphatic carbocycles. The fourth-order valence-corrected chi connectivity index (χ4v) is 3.20. The summed E-state index contributed by atoms with van der Waals surface area (Å²) < 4.78 is 32.2. The number of sulfonamides is 1. The van der Waals surface area contributed by atoms with E-state index < -0.39 is 16.0 Å². The Morgan fingerprint density at radius 3 is 2.64 bits per heavy atom. The highest BCUT2D eigenvalue weighted by Crippen LogP contribution is 2.23. The van der Waals surface area contributed by atoms with Crippen LogP contribution in [0, 0.1) is 0 Å². The Labute approximate surface area is 130 Å². The molecule has 0 aliphatic rings. The molecule has 0 radical (unpaired) electrons. The summed E-state index contributed by atoms with van der Waals surface area (Å²) in [4.78, 5) is 11.0. The summed E-state index contributed by atoms with van der Waals surface area (Å²) >= 11 is 0. The number of rotatable bonds is 9. The third kappa shape index (κ3) is 4.97. The summed E-state index contributed by atoms with van der Waals surface area (Å²) in [5, 5.41) is 12.1. The van der Waals surface area contributed by atoms with E-state index in [-0.39, 0.29) is 23.0 Å². The van der Waals surface area contributed by atoms with E-state index >= 15 is 0 Å². The number of ether oxygens (including phenoxy) is 1. The normalized spacial score (nSPS) is 12.9. The predicted molar refractivity (Wildman–Crippen MR) is 83.8 cm³/mol. The van der Waals surface area contributed by atoms with Crippen LogP contribution < -0.4 is 10.0 Å². The van der Waals surface area contributed by atoms with Gasteiger partial charge in [-0.15, -0.1) is 0 Å².